The van der Waals surface area contributed by atoms with E-state index in [0.29, 0.717) is 25.6 Å². The number of aromatic nitrogens is 2. The van der Waals surface area contributed by atoms with Crippen LogP contribution >= 0.6 is 0 Å². The molecular formula is C24H33N3O4. The number of imidazole rings is 1. The van der Waals surface area contributed by atoms with Gasteiger partial charge in [0.2, 0.25) is 5.91 Å². The molecule has 1 amide bonds. The van der Waals surface area contributed by atoms with Gasteiger partial charge >= 0.3 is 5.69 Å². The molecule has 1 aliphatic carbocycles. The minimum absolute atomic E-state index is 0.00482. The molecular weight excluding hydrogens is 394 g/mol. The number of amides is 1. The van der Waals surface area contributed by atoms with Crippen molar-refractivity contribution in [2.24, 2.45) is 24.8 Å². The first-order valence-corrected chi connectivity index (χ1v) is 11.4. The van der Waals surface area contributed by atoms with Crippen molar-refractivity contribution in [3.63, 3.8) is 0 Å². The van der Waals surface area contributed by atoms with E-state index in [1.165, 1.54) is 0 Å². The maximum absolute atomic E-state index is 13.0. The Balaban J connectivity index is 1.38. The number of hydrogen-bond acceptors (Lipinski definition) is 4. The second kappa shape index (κ2) is 8.89. The van der Waals surface area contributed by atoms with Crippen molar-refractivity contribution in [2.75, 3.05) is 20.2 Å². The number of fused-ring (bicyclic) bond motifs is 1. The molecule has 1 aromatic carbocycles. The summed E-state index contributed by atoms with van der Waals surface area (Å²) in [6, 6.07) is 5.73. The zero-order chi connectivity index (χ0) is 22.1. The number of aryl methyl sites for hydroxylation is 1. The summed E-state index contributed by atoms with van der Waals surface area (Å²) < 4.78 is 8.90. The Labute approximate surface area is 183 Å². The number of nitrogens with zero attached hydrogens (tertiary/aromatic N) is 3. The number of carbonyl (C=O) groups is 2. The monoisotopic (exact) mass is 427 g/mol. The van der Waals surface area contributed by atoms with Gasteiger partial charge < -0.3 is 9.64 Å². The van der Waals surface area contributed by atoms with Crippen LogP contribution in [0.2, 0.25) is 0 Å². The Morgan fingerprint density at radius 1 is 1.00 bits per heavy atom. The molecule has 2 aromatic rings. The topological polar surface area (TPSA) is 73.5 Å². The standard InChI is InChI=1S/C24H33N3O4/c1-16(28)18-10-12-26(13-11-18)23(29)19-6-4-17(5-7-19)15-27-22-14-20(31-3)8-9-21(22)25(2)24(27)30/h8-9,14,17-19H,4-7,10-13,15H2,1-3H3. The number of hydrogen-bond donors (Lipinski definition) is 0. The average molecular weight is 428 g/mol. The van der Waals surface area contributed by atoms with Gasteiger partial charge in [0, 0.05) is 44.6 Å². The Hall–Kier alpha value is -2.57. The lowest BCUT2D eigenvalue weighted by molar-refractivity contribution is -0.139. The Morgan fingerprint density at radius 3 is 2.29 bits per heavy atom. The predicted molar refractivity (Wildman–Crippen MR) is 119 cm³/mol. The molecule has 0 bridgehead atoms. The first kappa shape index (κ1) is 21.7. The fourth-order valence-electron chi connectivity index (χ4n) is 5.31. The average Bonchev–Trinajstić information content (AvgIpc) is 3.03. The fraction of sp³-hybridized carbons (Fsp3) is 0.625. The van der Waals surface area contributed by atoms with Gasteiger partial charge in [0.05, 0.1) is 18.1 Å². The Kier molecular flexibility index (Phi) is 6.21. The van der Waals surface area contributed by atoms with Crippen LogP contribution in [-0.4, -0.2) is 45.9 Å². The molecule has 0 atom stereocenters. The van der Waals surface area contributed by atoms with E-state index in [1.54, 1.807) is 25.6 Å². The number of likely N-dealkylation sites (tertiary alicyclic amines) is 1. The Bertz CT molecular complexity index is 1020. The minimum atomic E-state index is -0.00482. The zero-order valence-corrected chi connectivity index (χ0v) is 18.8. The number of ether oxygens (including phenoxy) is 1. The van der Waals surface area contributed by atoms with Crippen molar-refractivity contribution in [1.82, 2.24) is 14.0 Å². The van der Waals surface area contributed by atoms with Gasteiger partial charge in [-0.1, -0.05) is 0 Å². The maximum Gasteiger partial charge on any atom is 0.328 e. The molecule has 2 heterocycles. The molecule has 0 radical (unpaired) electrons. The summed E-state index contributed by atoms with van der Waals surface area (Å²) in [4.78, 5) is 39.3. The molecule has 2 aliphatic rings. The van der Waals surface area contributed by atoms with Crippen LogP contribution in [0.15, 0.2) is 23.0 Å². The number of rotatable bonds is 5. The molecule has 1 saturated heterocycles. The van der Waals surface area contributed by atoms with Crippen LogP contribution in [0.1, 0.15) is 45.4 Å². The molecule has 2 fully saturated rings. The molecule has 1 saturated carbocycles. The van der Waals surface area contributed by atoms with Gasteiger partial charge in [-0.2, -0.15) is 0 Å². The molecule has 168 valence electrons. The summed E-state index contributed by atoms with van der Waals surface area (Å²) >= 11 is 0. The minimum Gasteiger partial charge on any atom is -0.497 e. The van der Waals surface area contributed by atoms with Crippen molar-refractivity contribution in [1.29, 1.82) is 0 Å². The number of methoxy groups -OCH3 is 1. The third-order valence-electron chi connectivity index (χ3n) is 7.37. The highest BCUT2D eigenvalue weighted by Gasteiger charge is 2.32. The number of carbonyl (C=O) groups excluding carboxylic acids is 2. The molecule has 1 aromatic heterocycles. The predicted octanol–water partition coefficient (Wildman–Crippen LogP) is 2.98. The van der Waals surface area contributed by atoms with Gasteiger partial charge in [-0.25, -0.2) is 4.79 Å². The lowest BCUT2D eigenvalue weighted by atomic mass is 9.80. The highest BCUT2D eigenvalue weighted by molar-refractivity contribution is 5.81. The van der Waals surface area contributed by atoms with Crippen molar-refractivity contribution < 1.29 is 14.3 Å². The largest absolute Gasteiger partial charge is 0.497 e. The highest BCUT2D eigenvalue weighted by Crippen LogP contribution is 2.33. The summed E-state index contributed by atoms with van der Waals surface area (Å²) in [6.45, 7) is 3.74. The van der Waals surface area contributed by atoms with Crippen LogP contribution in [0.25, 0.3) is 11.0 Å². The Morgan fingerprint density at radius 2 is 1.68 bits per heavy atom. The number of ketones is 1. The second-order valence-electron chi connectivity index (χ2n) is 9.23. The van der Waals surface area contributed by atoms with Gasteiger partial charge in [-0.3, -0.25) is 18.7 Å². The van der Waals surface area contributed by atoms with Crippen LogP contribution in [0.4, 0.5) is 0 Å². The zero-order valence-electron chi connectivity index (χ0n) is 18.8. The molecule has 4 rings (SSSR count). The second-order valence-corrected chi connectivity index (χ2v) is 9.23. The van der Waals surface area contributed by atoms with Crippen LogP contribution in [-0.2, 0) is 23.2 Å². The quantitative estimate of drug-likeness (QED) is 0.735. The van der Waals surface area contributed by atoms with Crippen molar-refractivity contribution >= 4 is 22.7 Å². The third-order valence-corrected chi connectivity index (χ3v) is 7.37. The van der Waals surface area contributed by atoms with Gasteiger partial charge in [0.15, 0.2) is 0 Å². The van der Waals surface area contributed by atoms with E-state index in [1.807, 2.05) is 27.7 Å². The molecule has 7 heteroatoms. The van der Waals surface area contributed by atoms with Crippen LogP contribution in [0, 0.1) is 17.8 Å². The molecule has 0 unspecified atom stereocenters. The van der Waals surface area contributed by atoms with Crippen LogP contribution < -0.4 is 10.4 Å². The third kappa shape index (κ3) is 4.27. The maximum atomic E-state index is 13.0. The number of benzene rings is 1. The van der Waals surface area contributed by atoms with E-state index in [0.717, 1.165) is 55.3 Å². The normalized spacial score (nSPS) is 22.6. The van der Waals surface area contributed by atoms with E-state index in [4.69, 9.17) is 4.74 Å². The molecule has 0 spiro atoms. The molecule has 31 heavy (non-hydrogen) atoms. The summed E-state index contributed by atoms with van der Waals surface area (Å²) in [5, 5.41) is 0. The summed E-state index contributed by atoms with van der Waals surface area (Å²) in [5.74, 6) is 1.84. The summed E-state index contributed by atoms with van der Waals surface area (Å²) in [7, 11) is 3.44. The van der Waals surface area contributed by atoms with E-state index in [9.17, 15) is 14.4 Å². The fourth-order valence-corrected chi connectivity index (χ4v) is 5.31. The molecule has 1 aliphatic heterocycles. The first-order chi connectivity index (χ1) is 14.9. The van der Waals surface area contributed by atoms with Gasteiger partial charge in [-0.15, -0.1) is 0 Å². The van der Waals surface area contributed by atoms with Gasteiger partial charge in [0.25, 0.3) is 0 Å². The van der Waals surface area contributed by atoms with E-state index < -0.39 is 0 Å². The van der Waals surface area contributed by atoms with Crippen molar-refractivity contribution in [3.8, 4) is 5.75 Å². The SMILES string of the molecule is COc1ccc2c(c1)n(CC1CCC(C(=O)N3CCC(C(C)=O)CC3)CC1)c(=O)n2C. The van der Waals surface area contributed by atoms with Crippen LogP contribution in [0.5, 0.6) is 5.75 Å². The lowest BCUT2D eigenvalue weighted by Gasteiger charge is -2.35. The smallest absolute Gasteiger partial charge is 0.328 e. The number of piperidine rings is 1. The molecule has 7 nitrogen and oxygen atoms in total. The number of Topliss-reactive ketones (excluding diaryl/α,β-unsaturated/α-hetero) is 1. The summed E-state index contributed by atoms with van der Waals surface area (Å²) in [6.07, 6.45) is 5.24. The first-order valence-electron chi connectivity index (χ1n) is 11.4. The highest BCUT2D eigenvalue weighted by atomic mass is 16.5. The van der Waals surface area contributed by atoms with Gasteiger partial charge in [-0.05, 0) is 63.5 Å². The van der Waals surface area contributed by atoms with E-state index in [2.05, 4.69) is 0 Å². The van der Waals surface area contributed by atoms with Crippen molar-refractivity contribution in [2.45, 2.75) is 52.0 Å². The van der Waals surface area contributed by atoms with E-state index >= 15 is 0 Å². The van der Waals surface area contributed by atoms with Gasteiger partial charge in [0.1, 0.15) is 11.5 Å². The summed E-state index contributed by atoms with van der Waals surface area (Å²) in [5.41, 5.74) is 1.80. The molecule has 0 N–H and O–H groups in total. The lowest BCUT2D eigenvalue weighted by Crippen LogP contribution is -2.43. The van der Waals surface area contributed by atoms with E-state index in [-0.39, 0.29) is 29.2 Å². The van der Waals surface area contributed by atoms with Crippen LogP contribution in [0.3, 0.4) is 0 Å². The van der Waals surface area contributed by atoms with Crippen molar-refractivity contribution in [3.05, 3.63) is 28.7 Å².